The van der Waals surface area contributed by atoms with Gasteiger partial charge >= 0.3 is 13.8 Å². The van der Waals surface area contributed by atoms with Crippen molar-refractivity contribution in [3.8, 4) is 0 Å². The smallest absolute Gasteiger partial charge is 0.472 e. The van der Waals surface area contributed by atoms with E-state index in [9.17, 15) is 34.4 Å². The Bertz CT molecular complexity index is 1610. The van der Waals surface area contributed by atoms with E-state index in [1.54, 1.807) is 13.0 Å². The summed E-state index contributed by atoms with van der Waals surface area (Å²) in [6.07, 6.45) is 20.3. The Hall–Kier alpha value is -4.05. The monoisotopic (exact) mass is 681 g/mol. The van der Waals surface area contributed by atoms with Crippen LogP contribution in [0.1, 0.15) is 54.9 Å². The number of ether oxygens (including phenoxy) is 1. The molecule has 260 valence electrons. The lowest BCUT2D eigenvalue weighted by atomic mass is 9.71. The summed E-state index contributed by atoms with van der Waals surface area (Å²) in [6.45, 7) is 16.0. The number of phosphoric ester groups is 1. The zero-order valence-electron chi connectivity index (χ0n) is 28.5. The number of allylic oxidation sites excluding steroid dienone is 18. The summed E-state index contributed by atoms with van der Waals surface area (Å²) in [7, 11) is -4.92. The molecule has 0 aromatic rings. The lowest BCUT2D eigenvalue weighted by Crippen LogP contribution is -2.43. The number of phosphoric acid groups is 1. The second-order valence-corrected chi connectivity index (χ2v) is 13.6. The van der Waals surface area contributed by atoms with E-state index >= 15 is 0 Å². The van der Waals surface area contributed by atoms with Crippen LogP contribution in [0.15, 0.2) is 131 Å². The van der Waals surface area contributed by atoms with Crippen LogP contribution in [0, 0.1) is 5.41 Å². The predicted molar refractivity (Wildman–Crippen MR) is 184 cm³/mol. The maximum atomic E-state index is 13.1. The van der Waals surface area contributed by atoms with Crippen LogP contribution in [0.2, 0.25) is 0 Å². The van der Waals surface area contributed by atoms with Crippen molar-refractivity contribution in [2.45, 2.75) is 73.2 Å². The Morgan fingerprint density at radius 1 is 0.979 bits per heavy atom. The van der Waals surface area contributed by atoms with Crippen LogP contribution in [0.5, 0.6) is 0 Å². The molecule has 0 spiro atoms. The molecule has 0 fully saturated rings. The third-order valence-corrected chi connectivity index (χ3v) is 8.53. The van der Waals surface area contributed by atoms with Crippen molar-refractivity contribution >= 4 is 19.6 Å². The van der Waals surface area contributed by atoms with E-state index in [1.807, 2.05) is 114 Å². The van der Waals surface area contributed by atoms with Gasteiger partial charge < -0.3 is 24.9 Å². The van der Waals surface area contributed by atoms with Gasteiger partial charge in [-0.15, -0.1) is 0 Å². The van der Waals surface area contributed by atoms with Gasteiger partial charge in [0.25, 0.3) is 0 Å². The first-order valence-corrected chi connectivity index (χ1v) is 16.8. The molecule has 0 saturated heterocycles. The van der Waals surface area contributed by atoms with Gasteiger partial charge in [-0.3, -0.25) is 13.8 Å². The fraction of sp³-hybridized carbons (Fsp3) is 0.351. The van der Waals surface area contributed by atoms with Crippen molar-refractivity contribution in [1.82, 2.24) is 0 Å². The lowest BCUT2D eigenvalue weighted by molar-refractivity contribution is -0.438. The van der Waals surface area contributed by atoms with Crippen molar-refractivity contribution in [1.29, 1.82) is 0 Å². The highest BCUT2D eigenvalue weighted by atomic mass is 31.2. The highest BCUT2D eigenvalue weighted by Gasteiger charge is 2.42. The highest BCUT2D eigenvalue weighted by molar-refractivity contribution is 7.47. The second-order valence-electron chi connectivity index (χ2n) is 12.2. The number of Topliss-reactive ketones (excluding diaryl/α,β-unsaturated/α-hetero) is 1. The van der Waals surface area contributed by atoms with E-state index < -0.39 is 61.4 Å². The quantitative estimate of drug-likeness (QED) is 0.0934. The Labute approximate surface area is 283 Å². The number of aliphatic hydroxyl groups excluding tert-OH is 2. The largest absolute Gasteiger partial charge is 0.847 e. The minimum Gasteiger partial charge on any atom is -0.847 e. The Kier molecular flexibility index (Phi) is 15.0. The summed E-state index contributed by atoms with van der Waals surface area (Å²) in [5.41, 5.74) is 4.68. The maximum absolute atomic E-state index is 13.1. The molecule has 10 nitrogen and oxygen atoms in total. The number of rotatable bonds is 15. The molecule has 1 aliphatic carbocycles. The summed E-state index contributed by atoms with van der Waals surface area (Å²) in [6, 6.07) is 0. The number of carbonyl (C=O) groups is 2. The maximum Gasteiger partial charge on any atom is 0.472 e. The van der Waals surface area contributed by atoms with E-state index in [0.29, 0.717) is 5.57 Å². The van der Waals surface area contributed by atoms with Crippen LogP contribution in [0.4, 0.5) is 0 Å². The van der Waals surface area contributed by atoms with Crippen LogP contribution in [0.25, 0.3) is 0 Å². The molecule has 3 N–H and O–H groups in total. The van der Waals surface area contributed by atoms with Crippen molar-refractivity contribution in [2.24, 2.45) is 5.41 Å². The number of aliphatic hydroxyl groups is 2. The van der Waals surface area contributed by atoms with Gasteiger partial charge in [0.1, 0.15) is 6.10 Å². The summed E-state index contributed by atoms with van der Waals surface area (Å²) in [5.74, 6) is -3.91. The van der Waals surface area contributed by atoms with Crippen molar-refractivity contribution < 1.29 is 48.2 Å². The summed E-state index contributed by atoms with van der Waals surface area (Å²) < 4.78 is 27.1. The van der Waals surface area contributed by atoms with Crippen LogP contribution in [-0.2, 0) is 27.9 Å². The molecule has 11 heteroatoms. The summed E-state index contributed by atoms with van der Waals surface area (Å²) in [4.78, 5) is 34.7. The van der Waals surface area contributed by atoms with E-state index in [2.05, 4.69) is 11.3 Å². The van der Waals surface area contributed by atoms with E-state index in [4.69, 9.17) is 9.05 Å². The average Bonchev–Trinajstić information content (AvgIpc) is 3.27. The van der Waals surface area contributed by atoms with Gasteiger partial charge in [0.05, 0.1) is 6.61 Å². The molecular formula is C37H46O10P-. The topological polar surface area (TPSA) is 163 Å². The fourth-order valence-corrected chi connectivity index (χ4v) is 5.60. The molecule has 1 aliphatic heterocycles. The van der Waals surface area contributed by atoms with E-state index in [0.717, 1.165) is 27.9 Å². The number of cyclic esters (lactones) is 1. The first kappa shape index (κ1) is 40.1. The first-order valence-electron chi connectivity index (χ1n) is 15.3. The van der Waals surface area contributed by atoms with Crippen LogP contribution in [0.3, 0.4) is 0 Å². The Morgan fingerprint density at radius 3 is 2.02 bits per heavy atom. The third kappa shape index (κ3) is 12.2. The average molecular weight is 682 g/mol. The van der Waals surface area contributed by atoms with Crippen molar-refractivity contribution in [3.05, 3.63) is 131 Å². The number of carbonyl (C=O) groups excluding carboxylic acids is 2. The standard InChI is InChI=1S/C37H46O10P/c1-9-24(2)16-12-17-25(3)14-10-11-15-26(4)18-13-19-27(5)20-21-29-28(6)32(39)31(22-37(29,7)8)47-48(43,44)45-23-30(38)35-33(40)34(41)36(42)46-35/h9-21,30-31,35,40-41H,1,22-23H2,2-8H3,(H,43,44)/q-1/b11-10+,17-12+,18-13+,21-20+,24-16+,25-14+,26-15+,27-19+/t30-,31?,35+/m0/s1. The molecule has 0 bridgehead atoms. The molecule has 48 heavy (non-hydrogen) atoms. The number of ketones is 1. The Morgan fingerprint density at radius 2 is 1.50 bits per heavy atom. The molecular weight excluding hydrogens is 635 g/mol. The third-order valence-electron chi connectivity index (χ3n) is 7.53. The molecule has 1 heterocycles. The molecule has 0 radical (unpaired) electrons. The summed E-state index contributed by atoms with van der Waals surface area (Å²) >= 11 is 0. The minimum absolute atomic E-state index is 0.0619. The van der Waals surface area contributed by atoms with Gasteiger partial charge in [-0.25, -0.2) is 9.36 Å². The van der Waals surface area contributed by atoms with Gasteiger partial charge in [0.15, 0.2) is 17.6 Å². The zero-order valence-corrected chi connectivity index (χ0v) is 29.4. The molecule has 2 rings (SSSR count). The Balaban J connectivity index is 2.02. The lowest BCUT2D eigenvalue weighted by Gasteiger charge is -2.37. The predicted octanol–water partition coefficient (Wildman–Crippen LogP) is 6.98. The van der Waals surface area contributed by atoms with Gasteiger partial charge in [0.2, 0.25) is 5.76 Å². The fourth-order valence-electron chi connectivity index (χ4n) is 4.72. The molecule has 2 unspecified atom stereocenters. The molecule has 0 saturated carbocycles. The molecule has 0 aromatic carbocycles. The molecule has 0 aromatic heterocycles. The van der Waals surface area contributed by atoms with Crippen molar-refractivity contribution in [2.75, 3.05) is 6.61 Å². The molecule has 4 atom stereocenters. The van der Waals surface area contributed by atoms with Gasteiger partial charge in [-0.2, -0.15) is 0 Å². The minimum atomic E-state index is -4.92. The molecule has 2 aliphatic rings. The highest BCUT2D eigenvalue weighted by Crippen LogP contribution is 2.50. The van der Waals surface area contributed by atoms with Crippen molar-refractivity contribution in [3.63, 3.8) is 0 Å². The van der Waals surface area contributed by atoms with Crippen LogP contribution < -0.4 is 5.11 Å². The van der Waals surface area contributed by atoms with Crippen LogP contribution in [-0.4, -0.2) is 51.8 Å². The van der Waals surface area contributed by atoms with E-state index in [-0.39, 0.29) is 6.42 Å². The molecule has 0 amide bonds. The number of hydrogen-bond acceptors (Lipinski definition) is 9. The van der Waals surface area contributed by atoms with Gasteiger partial charge in [-0.05, 0) is 57.6 Å². The van der Waals surface area contributed by atoms with Crippen LogP contribution >= 0.6 is 7.82 Å². The van der Waals surface area contributed by atoms with Gasteiger partial charge in [-0.1, -0.05) is 128 Å². The normalized spacial score (nSPS) is 23.7. The zero-order chi connectivity index (χ0) is 36.2. The second kappa shape index (κ2) is 17.9. The first-order chi connectivity index (χ1) is 22.4. The number of esters is 1. The van der Waals surface area contributed by atoms with Gasteiger partial charge in [0, 0.05) is 0 Å². The van der Waals surface area contributed by atoms with E-state index in [1.165, 1.54) is 0 Å². The number of hydrogen-bond donors (Lipinski definition) is 3. The SMILES string of the molecule is C=C/C(C)=C/C=C/C(C)=C/C=C/C=C(C)/C=C/C=C(C)/C=C/C1=C(C)C(=O)C(OP(=O)(O)OC[C@H]([O-])[C@H]2OC(=O)C(O)=C2O)CC1(C)C. The summed E-state index contributed by atoms with van der Waals surface area (Å²) in [5, 5.41) is 31.3.